The van der Waals surface area contributed by atoms with Gasteiger partial charge >= 0.3 is 11.8 Å². The standard InChI is InChI=1S/C22H30N2O2/c1-3-17-6-5-7-18(4-2)19(17)23-20(25)21(26)24-22-11-14-8-15(12-22)10-16(9-14)13-22/h5-7,14-16H,3-4,8-13H2,1-2H3,(H,23,25)(H,24,26). The number of amides is 2. The minimum absolute atomic E-state index is 0.124. The second-order valence-corrected chi connectivity index (χ2v) is 8.76. The molecule has 0 unspecified atom stereocenters. The normalized spacial score (nSPS) is 31.7. The number of nitrogens with one attached hydrogen (secondary N) is 2. The monoisotopic (exact) mass is 354 g/mol. The second-order valence-electron chi connectivity index (χ2n) is 8.76. The van der Waals surface area contributed by atoms with Gasteiger partial charge in [0.05, 0.1) is 0 Å². The molecule has 2 N–H and O–H groups in total. The summed E-state index contributed by atoms with van der Waals surface area (Å²) < 4.78 is 0. The van der Waals surface area contributed by atoms with Gasteiger partial charge in [0.15, 0.2) is 0 Å². The van der Waals surface area contributed by atoms with Gasteiger partial charge < -0.3 is 10.6 Å². The molecule has 0 spiro atoms. The van der Waals surface area contributed by atoms with Crippen LogP contribution in [0.1, 0.15) is 63.5 Å². The van der Waals surface area contributed by atoms with Gasteiger partial charge in [-0.3, -0.25) is 9.59 Å². The first-order chi connectivity index (χ1) is 12.5. The third kappa shape index (κ3) is 3.15. The Bertz CT molecular complexity index is 667. The minimum Gasteiger partial charge on any atom is -0.342 e. The molecule has 1 aromatic carbocycles. The highest BCUT2D eigenvalue weighted by molar-refractivity contribution is 6.40. The number of aryl methyl sites for hydroxylation is 2. The van der Waals surface area contributed by atoms with E-state index in [1.165, 1.54) is 19.3 Å². The van der Waals surface area contributed by atoms with Crippen LogP contribution in [-0.2, 0) is 22.4 Å². The molecule has 0 heterocycles. The Morgan fingerprint density at radius 1 is 0.923 bits per heavy atom. The molecule has 0 aliphatic heterocycles. The lowest BCUT2D eigenvalue weighted by Gasteiger charge is -2.56. The van der Waals surface area contributed by atoms with Crippen molar-refractivity contribution in [3.63, 3.8) is 0 Å². The molecule has 4 bridgehead atoms. The van der Waals surface area contributed by atoms with Crippen LogP contribution in [0, 0.1) is 17.8 Å². The van der Waals surface area contributed by atoms with E-state index in [4.69, 9.17) is 0 Å². The summed E-state index contributed by atoms with van der Waals surface area (Å²) in [4.78, 5) is 25.4. The zero-order chi connectivity index (χ0) is 18.3. The first-order valence-electron chi connectivity index (χ1n) is 10.3. The summed E-state index contributed by atoms with van der Waals surface area (Å²) in [5.74, 6) is 1.27. The summed E-state index contributed by atoms with van der Waals surface area (Å²) in [7, 11) is 0. The molecule has 4 saturated carbocycles. The molecule has 26 heavy (non-hydrogen) atoms. The molecule has 0 saturated heterocycles. The number of para-hydroxylation sites is 1. The number of hydrogen-bond donors (Lipinski definition) is 2. The average Bonchev–Trinajstić information content (AvgIpc) is 2.60. The van der Waals surface area contributed by atoms with Crippen LogP contribution in [0.4, 0.5) is 5.69 Å². The Morgan fingerprint density at radius 3 is 1.88 bits per heavy atom. The number of hydrogen-bond acceptors (Lipinski definition) is 2. The average molecular weight is 354 g/mol. The van der Waals surface area contributed by atoms with Crippen molar-refractivity contribution in [1.82, 2.24) is 5.32 Å². The predicted octanol–water partition coefficient (Wildman–Crippen LogP) is 3.83. The van der Waals surface area contributed by atoms with E-state index in [9.17, 15) is 9.59 Å². The van der Waals surface area contributed by atoms with Crippen LogP contribution in [0.25, 0.3) is 0 Å². The molecule has 0 radical (unpaired) electrons. The lowest BCUT2D eigenvalue weighted by Crippen LogP contribution is -2.61. The lowest BCUT2D eigenvalue weighted by atomic mass is 9.53. The van der Waals surface area contributed by atoms with Crippen LogP contribution in [0.2, 0.25) is 0 Å². The third-order valence-corrected chi connectivity index (χ3v) is 6.86. The SMILES string of the molecule is CCc1cccc(CC)c1NC(=O)C(=O)NC12CC3CC(CC(C3)C1)C2. The Hall–Kier alpha value is -1.84. The van der Waals surface area contributed by atoms with Crippen molar-refractivity contribution in [3.05, 3.63) is 29.3 Å². The summed E-state index contributed by atoms with van der Waals surface area (Å²) in [5.41, 5.74) is 2.87. The minimum atomic E-state index is -0.517. The zero-order valence-corrected chi connectivity index (χ0v) is 15.9. The zero-order valence-electron chi connectivity index (χ0n) is 15.9. The fourth-order valence-corrected chi connectivity index (χ4v) is 6.13. The summed E-state index contributed by atoms with van der Waals surface area (Å²) in [5, 5.41) is 6.08. The molecule has 4 aliphatic carbocycles. The van der Waals surface area contributed by atoms with E-state index in [0.717, 1.165) is 66.7 Å². The smallest absolute Gasteiger partial charge is 0.313 e. The molecule has 0 atom stereocenters. The predicted molar refractivity (Wildman–Crippen MR) is 103 cm³/mol. The van der Waals surface area contributed by atoms with Crippen LogP contribution < -0.4 is 10.6 Å². The summed E-state index contributed by atoms with van der Waals surface area (Å²) in [6, 6.07) is 6.06. The van der Waals surface area contributed by atoms with Crippen molar-refractivity contribution < 1.29 is 9.59 Å². The van der Waals surface area contributed by atoms with Gasteiger partial charge in [0.2, 0.25) is 0 Å². The Labute approximate surface area is 156 Å². The fourth-order valence-electron chi connectivity index (χ4n) is 6.13. The van der Waals surface area contributed by atoms with Crippen molar-refractivity contribution in [2.75, 3.05) is 5.32 Å². The van der Waals surface area contributed by atoms with Crippen LogP contribution in [0.15, 0.2) is 18.2 Å². The van der Waals surface area contributed by atoms with Gasteiger partial charge in [-0.15, -0.1) is 0 Å². The molecule has 2 amide bonds. The number of rotatable bonds is 4. The molecule has 4 fully saturated rings. The van der Waals surface area contributed by atoms with Gasteiger partial charge in [0.25, 0.3) is 0 Å². The topological polar surface area (TPSA) is 58.2 Å². The highest BCUT2D eigenvalue weighted by atomic mass is 16.2. The van der Waals surface area contributed by atoms with Crippen molar-refractivity contribution >= 4 is 17.5 Å². The van der Waals surface area contributed by atoms with E-state index in [-0.39, 0.29) is 5.54 Å². The molecule has 4 nitrogen and oxygen atoms in total. The van der Waals surface area contributed by atoms with Crippen LogP contribution in [0.5, 0.6) is 0 Å². The Morgan fingerprint density at radius 2 is 1.42 bits per heavy atom. The van der Waals surface area contributed by atoms with E-state index >= 15 is 0 Å². The summed E-state index contributed by atoms with van der Waals surface area (Å²) in [6.07, 6.45) is 8.82. The van der Waals surface area contributed by atoms with Gasteiger partial charge in [-0.25, -0.2) is 0 Å². The number of anilines is 1. The molecule has 1 aromatic rings. The highest BCUT2D eigenvalue weighted by Gasteiger charge is 2.51. The van der Waals surface area contributed by atoms with E-state index in [0.29, 0.717) is 0 Å². The molecule has 0 aromatic heterocycles. The molecular weight excluding hydrogens is 324 g/mol. The van der Waals surface area contributed by atoms with E-state index < -0.39 is 11.8 Å². The fraction of sp³-hybridized carbons (Fsp3) is 0.636. The van der Waals surface area contributed by atoms with Crippen molar-refractivity contribution in [1.29, 1.82) is 0 Å². The molecule has 140 valence electrons. The van der Waals surface area contributed by atoms with Gasteiger partial charge in [-0.05, 0) is 80.2 Å². The van der Waals surface area contributed by atoms with Crippen LogP contribution >= 0.6 is 0 Å². The maximum atomic E-state index is 12.7. The quantitative estimate of drug-likeness (QED) is 0.807. The molecule has 5 rings (SSSR count). The maximum Gasteiger partial charge on any atom is 0.313 e. The number of carbonyl (C=O) groups excluding carboxylic acids is 2. The maximum absolute atomic E-state index is 12.7. The van der Waals surface area contributed by atoms with Gasteiger partial charge in [-0.2, -0.15) is 0 Å². The second kappa shape index (κ2) is 6.71. The Kier molecular flexibility index (Phi) is 4.54. The number of carbonyl (C=O) groups is 2. The van der Waals surface area contributed by atoms with E-state index in [2.05, 4.69) is 24.5 Å². The van der Waals surface area contributed by atoms with Crippen molar-refractivity contribution in [2.45, 2.75) is 70.8 Å². The van der Waals surface area contributed by atoms with Crippen molar-refractivity contribution in [3.8, 4) is 0 Å². The van der Waals surface area contributed by atoms with Crippen molar-refractivity contribution in [2.24, 2.45) is 17.8 Å². The first-order valence-corrected chi connectivity index (χ1v) is 10.3. The van der Waals surface area contributed by atoms with E-state index in [1.807, 2.05) is 18.2 Å². The summed E-state index contributed by atoms with van der Waals surface area (Å²) in [6.45, 7) is 4.14. The van der Waals surface area contributed by atoms with Gasteiger partial charge in [-0.1, -0.05) is 32.0 Å². The van der Waals surface area contributed by atoms with E-state index in [1.54, 1.807) is 0 Å². The lowest BCUT2D eigenvalue weighted by molar-refractivity contribution is -0.139. The molecular formula is C22H30N2O2. The largest absolute Gasteiger partial charge is 0.342 e. The Balaban J connectivity index is 1.47. The van der Waals surface area contributed by atoms with Gasteiger partial charge in [0.1, 0.15) is 0 Å². The van der Waals surface area contributed by atoms with Crippen LogP contribution in [0.3, 0.4) is 0 Å². The summed E-state index contributed by atoms with van der Waals surface area (Å²) >= 11 is 0. The number of benzene rings is 1. The molecule has 4 heteroatoms. The third-order valence-electron chi connectivity index (χ3n) is 6.86. The van der Waals surface area contributed by atoms with Crippen LogP contribution in [-0.4, -0.2) is 17.4 Å². The highest BCUT2D eigenvalue weighted by Crippen LogP contribution is 2.55. The van der Waals surface area contributed by atoms with Gasteiger partial charge in [0, 0.05) is 11.2 Å². The molecule has 4 aliphatic rings. The first kappa shape index (κ1) is 17.6.